The molecule has 0 spiro atoms. The molecule has 7 nitrogen and oxygen atoms in total. The van der Waals surface area contributed by atoms with Crippen LogP contribution in [0.5, 0.6) is 0 Å². The molecule has 7 heteroatoms. The summed E-state index contributed by atoms with van der Waals surface area (Å²) < 4.78 is 0. The number of nitrogens with one attached hydrogen (secondary N) is 1. The molecule has 116 valence electrons. The van der Waals surface area contributed by atoms with Crippen molar-refractivity contribution in [2.75, 3.05) is 32.7 Å². The highest BCUT2D eigenvalue weighted by Crippen LogP contribution is 2.09. The van der Waals surface area contributed by atoms with Gasteiger partial charge >= 0.3 is 12.0 Å². The van der Waals surface area contributed by atoms with Crippen molar-refractivity contribution in [2.24, 2.45) is 0 Å². The lowest BCUT2D eigenvalue weighted by molar-refractivity contribution is -0.139. The standard InChI is InChI=1S/C13H25N3O4/c1-4-10(11(17)18)14-12(19)16-7-5-15(6-8-16)9-13(2,3)20/h10,20H,4-9H2,1-3H3,(H,14,19)(H,17,18)/t10-/m1/s1. The Kier molecular flexibility index (Phi) is 5.76. The van der Waals surface area contributed by atoms with Crippen molar-refractivity contribution in [1.82, 2.24) is 15.1 Å². The molecule has 1 saturated heterocycles. The Morgan fingerprint density at radius 3 is 2.20 bits per heavy atom. The molecule has 20 heavy (non-hydrogen) atoms. The third-order valence-corrected chi connectivity index (χ3v) is 3.27. The van der Waals surface area contributed by atoms with Crippen molar-refractivity contribution in [1.29, 1.82) is 0 Å². The van der Waals surface area contributed by atoms with Crippen LogP contribution in [0.1, 0.15) is 27.2 Å². The number of hydrogen-bond acceptors (Lipinski definition) is 4. The Morgan fingerprint density at radius 1 is 1.25 bits per heavy atom. The summed E-state index contributed by atoms with van der Waals surface area (Å²) in [4.78, 5) is 26.5. The number of aliphatic carboxylic acids is 1. The maximum Gasteiger partial charge on any atom is 0.326 e. The fourth-order valence-corrected chi connectivity index (χ4v) is 2.24. The molecular weight excluding hydrogens is 262 g/mol. The molecule has 1 aliphatic rings. The topological polar surface area (TPSA) is 93.1 Å². The van der Waals surface area contributed by atoms with E-state index in [-0.39, 0.29) is 6.03 Å². The number of carbonyl (C=O) groups excluding carboxylic acids is 1. The van der Waals surface area contributed by atoms with E-state index in [1.165, 1.54) is 0 Å². The molecule has 0 aromatic carbocycles. The van der Waals surface area contributed by atoms with Crippen LogP contribution in [-0.4, -0.2) is 76.4 Å². The number of amides is 2. The average molecular weight is 287 g/mol. The SMILES string of the molecule is CC[C@@H](NC(=O)N1CCN(CC(C)(C)O)CC1)C(=O)O. The van der Waals surface area contributed by atoms with E-state index in [9.17, 15) is 14.7 Å². The number of carboxylic acids is 1. The van der Waals surface area contributed by atoms with E-state index < -0.39 is 17.6 Å². The molecule has 1 rings (SSSR count). The second-order valence-electron chi connectivity index (χ2n) is 5.82. The Morgan fingerprint density at radius 2 is 1.80 bits per heavy atom. The summed E-state index contributed by atoms with van der Waals surface area (Å²) in [5.41, 5.74) is -0.749. The number of carboxylic acid groups (broad SMARTS) is 1. The van der Waals surface area contributed by atoms with Crippen molar-refractivity contribution in [3.05, 3.63) is 0 Å². The first-order valence-electron chi connectivity index (χ1n) is 6.96. The number of piperazine rings is 1. The van der Waals surface area contributed by atoms with Crippen LogP contribution in [0.15, 0.2) is 0 Å². The summed E-state index contributed by atoms with van der Waals surface area (Å²) in [6.07, 6.45) is 0.361. The van der Waals surface area contributed by atoms with E-state index >= 15 is 0 Å². The maximum absolute atomic E-state index is 11.9. The molecular formula is C13H25N3O4. The van der Waals surface area contributed by atoms with Gasteiger partial charge in [-0.15, -0.1) is 0 Å². The van der Waals surface area contributed by atoms with Crippen molar-refractivity contribution in [2.45, 2.75) is 38.8 Å². The van der Waals surface area contributed by atoms with Crippen LogP contribution in [0.4, 0.5) is 4.79 Å². The lowest BCUT2D eigenvalue weighted by atomic mass is 10.1. The number of rotatable bonds is 5. The van der Waals surface area contributed by atoms with Gasteiger partial charge in [0.1, 0.15) is 6.04 Å². The van der Waals surface area contributed by atoms with Gasteiger partial charge in [0.2, 0.25) is 0 Å². The summed E-state index contributed by atoms with van der Waals surface area (Å²) in [6.45, 7) is 8.24. The first-order chi connectivity index (χ1) is 9.23. The lowest BCUT2D eigenvalue weighted by Crippen LogP contribution is -2.56. The third kappa shape index (κ3) is 5.34. The number of carbonyl (C=O) groups is 2. The highest BCUT2D eigenvalue weighted by molar-refractivity contribution is 5.82. The fourth-order valence-electron chi connectivity index (χ4n) is 2.24. The molecule has 2 amide bonds. The molecule has 0 unspecified atom stereocenters. The molecule has 0 bridgehead atoms. The maximum atomic E-state index is 11.9. The van der Waals surface area contributed by atoms with Gasteiger partial charge in [-0.2, -0.15) is 0 Å². The number of nitrogens with zero attached hydrogens (tertiary/aromatic N) is 2. The third-order valence-electron chi connectivity index (χ3n) is 3.27. The molecule has 1 aliphatic heterocycles. The monoisotopic (exact) mass is 287 g/mol. The smallest absolute Gasteiger partial charge is 0.326 e. The molecule has 0 aliphatic carbocycles. The van der Waals surface area contributed by atoms with Crippen LogP contribution in [0.25, 0.3) is 0 Å². The Bertz CT molecular complexity index is 346. The summed E-state index contributed by atoms with van der Waals surface area (Å²) in [6, 6.07) is -1.17. The lowest BCUT2D eigenvalue weighted by Gasteiger charge is -2.37. The Balaban J connectivity index is 2.41. The quantitative estimate of drug-likeness (QED) is 0.659. The predicted molar refractivity (Wildman–Crippen MR) is 74.6 cm³/mol. The van der Waals surface area contributed by atoms with Gasteiger partial charge in [-0.1, -0.05) is 6.92 Å². The molecule has 0 aromatic rings. The van der Waals surface area contributed by atoms with Gasteiger partial charge in [0, 0.05) is 32.7 Å². The summed E-state index contributed by atoms with van der Waals surface area (Å²) in [7, 11) is 0. The predicted octanol–water partition coefficient (Wildman–Crippen LogP) is -0.0523. The Hall–Kier alpha value is -1.34. The molecule has 1 heterocycles. The Labute approximate surface area is 119 Å². The minimum atomic E-state index is -1.01. The van der Waals surface area contributed by atoms with Crippen molar-refractivity contribution in [3.8, 4) is 0 Å². The average Bonchev–Trinajstić information content (AvgIpc) is 2.34. The van der Waals surface area contributed by atoms with Crippen LogP contribution in [0.2, 0.25) is 0 Å². The zero-order chi connectivity index (χ0) is 15.3. The largest absolute Gasteiger partial charge is 0.480 e. The van der Waals surface area contributed by atoms with Crippen LogP contribution in [-0.2, 0) is 4.79 Å². The van der Waals surface area contributed by atoms with Crippen molar-refractivity contribution in [3.63, 3.8) is 0 Å². The van der Waals surface area contributed by atoms with E-state index in [4.69, 9.17) is 5.11 Å². The van der Waals surface area contributed by atoms with E-state index in [2.05, 4.69) is 10.2 Å². The number of aliphatic hydroxyl groups is 1. The van der Waals surface area contributed by atoms with Crippen LogP contribution < -0.4 is 5.32 Å². The highest BCUT2D eigenvalue weighted by atomic mass is 16.4. The van der Waals surface area contributed by atoms with Crippen LogP contribution in [0.3, 0.4) is 0 Å². The minimum absolute atomic E-state index is 0.331. The molecule has 1 atom stereocenters. The van der Waals surface area contributed by atoms with Gasteiger partial charge in [-0.3, -0.25) is 4.90 Å². The second kappa shape index (κ2) is 6.90. The molecule has 0 radical (unpaired) electrons. The van der Waals surface area contributed by atoms with Gasteiger partial charge in [-0.05, 0) is 20.3 Å². The second-order valence-corrected chi connectivity index (χ2v) is 5.82. The molecule has 3 N–H and O–H groups in total. The molecule has 1 fully saturated rings. The first kappa shape index (κ1) is 16.7. The highest BCUT2D eigenvalue weighted by Gasteiger charge is 2.27. The summed E-state index contributed by atoms with van der Waals surface area (Å²) >= 11 is 0. The fraction of sp³-hybridized carbons (Fsp3) is 0.846. The van der Waals surface area contributed by atoms with E-state index in [0.29, 0.717) is 39.1 Å². The number of hydrogen-bond donors (Lipinski definition) is 3. The summed E-state index contributed by atoms with van der Waals surface area (Å²) in [5, 5.41) is 21.2. The van der Waals surface area contributed by atoms with Gasteiger partial charge in [0.25, 0.3) is 0 Å². The summed E-state index contributed by atoms with van der Waals surface area (Å²) in [5.74, 6) is -1.01. The van der Waals surface area contributed by atoms with Crippen molar-refractivity contribution < 1.29 is 19.8 Å². The van der Waals surface area contributed by atoms with E-state index in [1.54, 1.807) is 25.7 Å². The zero-order valence-corrected chi connectivity index (χ0v) is 12.4. The normalized spacial score (nSPS) is 18.7. The van der Waals surface area contributed by atoms with Gasteiger partial charge in [0.15, 0.2) is 0 Å². The zero-order valence-electron chi connectivity index (χ0n) is 12.4. The van der Waals surface area contributed by atoms with E-state index in [0.717, 1.165) is 0 Å². The number of urea groups is 1. The van der Waals surface area contributed by atoms with Crippen molar-refractivity contribution >= 4 is 12.0 Å². The molecule has 0 aromatic heterocycles. The van der Waals surface area contributed by atoms with Gasteiger partial charge in [0.05, 0.1) is 5.60 Å². The first-order valence-corrected chi connectivity index (χ1v) is 6.96. The van der Waals surface area contributed by atoms with Crippen LogP contribution >= 0.6 is 0 Å². The van der Waals surface area contributed by atoms with Gasteiger partial charge < -0.3 is 20.4 Å². The van der Waals surface area contributed by atoms with Crippen LogP contribution in [0, 0.1) is 0 Å². The minimum Gasteiger partial charge on any atom is -0.480 e. The van der Waals surface area contributed by atoms with E-state index in [1.807, 2.05) is 0 Å². The van der Waals surface area contributed by atoms with Gasteiger partial charge in [-0.25, -0.2) is 9.59 Å². The molecule has 0 saturated carbocycles. The number of β-amino-alcohol motifs (C(OH)–C–C–N with tert-alkyl or cyclic N) is 1.